The lowest BCUT2D eigenvalue weighted by atomic mass is 9.45. The molecule has 0 unspecified atom stereocenters. The Morgan fingerprint density at radius 1 is 1.16 bits per heavy atom. The molecule has 0 spiro atoms. The lowest BCUT2D eigenvalue weighted by molar-refractivity contribution is -0.108. The maximum Gasteiger partial charge on any atom is 0.261 e. The van der Waals surface area contributed by atoms with Gasteiger partial charge in [0.1, 0.15) is 17.4 Å². The molecule has 3 aliphatic carbocycles. The Bertz CT molecular complexity index is 2020. The number of piperazine rings is 1. The van der Waals surface area contributed by atoms with E-state index in [0.29, 0.717) is 82.8 Å². The van der Waals surface area contributed by atoms with Crippen LogP contribution >= 0.6 is 0 Å². The van der Waals surface area contributed by atoms with Crippen molar-refractivity contribution in [1.82, 2.24) is 24.3 Å². The number of benzene rings is 2. The molecule has 4 aromatic rings. The number of nitriles is 1. The van der Waals surface area contributed by atoms with Gasteiger partial charge in [-0.3, -0.25) is 14.3 Å². The van der Waals surface area contributed by atoms with E-state index in [-0.39, 0.29) is 30.0 Å². The number of hydrogen-bond acceptors (Lipinski definition) is 7. The molecule has 1 N–H and O–H groups in total. The number of aromatic nitrogens is 3. The highest BCUT2D eigenvalue weighted by molar-refractivity contribution is 5.96. The highest BCUT2D eigenvalue weighted by Crippen LogP contribution is 2.61. The van der Waals surface area contributed by atoms with Crippen molar-refractivity contribution in [3.8, 4) is 23.3 Å². The number of hydrogen-bond donors (Lipinski definition) is 1. The second kappa shape index (κ2) is 13.4. The summed E-state index contributed by atoms with van der Waals surface area (Å²) in [6.07, 6.45) is 8.33. The van der Waals surface area contributed by atoms with Crippen LogP contribution in [0.2, 0.25) is 0 Å². The molecule has 4 aliphatic rings. The van der Waals surface area contributed by atoms with Gasteiger partial charge < -0.3 is 19.9 Å². The molecule has 8 rings (SSSR count). The predicted molar refractivity (Wildman–Crippen MR) is 193 cm³/mol. The van der Waals surface area contributed by atoms with Gasteiger partial charge in [-0.1, -0.05) is 26.8 Å². The minimum absolute atomic E-state index is 0.0574. The van der Waals surface area contributed by atoms with E-state index in [0.717, 1.165) is 18.1 Å². The third-order valence-electron chi connectivity index (χ3n) is 11.7. The van der Waals surface area contributed by atoms with Gasteiger partial charge in [0.2, 0.25) is 0 Å². The van der Waals surface area contributed by atoms with Gasteiger partial charge in [-0.2, -0.15) is 5.26 Å². The molecular formula is C39H45FN8O2. The fourth-order valence-electron chi connectivity index (χ4n) is 8.38. The Kier molecular flexibility index (Phi) is 8.97. The van der Waals surface area contributed by atoms with Crippen LogP contribution in [-0.4, -0.2) is 69.1 Å². The topological polar surface area (TPSA) is 112 Å². The minimum Gasteiger partial charge on any atom is -0.497 e. The molecule has 1 saturated heterocycles. The van der Waals surface area contributed by atoms with E-state index in [4.69, 9.17) is 14.7 Å². The maximum absolute atomic E-state index is 14.9. The van der Waals surface area contributed by atoms with Crippen LogP contribution in [0.5, 0.6) is 5.75 Å². The number of nitrogens with one attached hydrogen (secondary N) is 1. The maximum atomic E-state index is 14.9. The summed E-state index contributed by atoms with van der Waals surface area (Å²) in [4.78, 5) is 32.9. The monoisotopic (exact) mass is 676 g/mol. The van der Waals surface area contributed by atoms with Crippen LogP contribution in [-0.2, 0) is 13.0 Å². The first kappa shape index (κ1) is 33.5. The van der Waals surface area contributed by atoms with Crippen molar-refractivity contribution < 1.29 is 9.13 Å². The lowest BCUT2D eigenvalue weighted by Crippen LogP contribution is -2.57. The highest BCUT2D eigenvalue weighted by atomic mass is 19.1. The second-order valence-corrected chi connectivity index (χ2v) is 14.8. The summed E-state index contributed by atoms with van der Waals surface area (Å²) < 4.78 is 21.6. The number of aryl methyl sites for hydroxylation is 1. The number of pyridine rings is 1. The van der Waals surface area contributed by atoms with Crippen molar-refractivity contribution in [1.29, 1.82) is 5.26 Å². The molecular weight excluding hydrogens is 631 g/mol. The summed E-state index contributed by atoms with van der Waals surface area (Å²) in [7, 11) is 1.50. The van der Waals surface area contributed by atoms with E-state index < -0.39 is 0 Å². The molecule has 5 atom stereocenters. The Balaban J connectivity index is 1.23. The van der Waals surface area contributed by atoms with Crippen molar-refractivity contribution in [2.24, 2.45) is 28.2 Å². The first-order valence-electron chi connectivity index (χ1n) is 17.6. The van der Waals surface area contributed by atoms with E-state index in [9.17, 15) is 14.4 Å². The van der Waals surface area contributed by atoms with Crippen LogP contribution in [0.1, 0.15) is 46.1 Å². The van der Waals surface area contributed by atoms with E-state index in [1.165, 1.54) is 19.6 Å². The quantitative estimate of drug-likeness (QED) is 0.141. The average molecular weight is 677 g/mol. The number of fused-ring (bicyclic) bond motifs is 3. The van der Waals surface area contributed by atoms with E-state index in [1.54, 1.807) is 35.2 Å². The summed E-state index contributed by atoms with van der Waals surface area (Å²) in [5.74, 6) is 3.12. The van der Waals surface area contributed by atoms with E-state index in [2.05, 4.69) is 49.1 Å². The number of rotatable bonds is 7. The van der Waals surface area contributed by atoms with Crippen molar-refractivity contribution in [3.63, 3.8) is 0 Å². The molecule has 260 valence electrons. The summed E-state index contributed by atoms with van der Waals surface area (Å²) in [6, 6.07) is 14.3. The number of ether oxygens (including phenoxy) is 1. The van der Waals surface area contributed by atoms with E-state index in [1.807, 2.05) is 29.2 Å². The molecule has 10 nitrogen and oxygen atoms in total. The first-order chi connectivity index (χ1) is 24.1. The number of guanidine groups is 1. The van der Waals surface area contributed by atoms with Gasteiger partial charge in [0, 0.05) is 55.9 Å². The molecule has 2 bridgehead atoms. The van der Waals surface area contributed by atoms with Gasteiger partial charge in [0.25, 0.3) is 5.56 Å². The number of aliphatic imine (C=N–C) groups is 1. The number of anilines is 1. The Hall–Kier alpha value is -4.98. The minimum atomic E-state index is -0.381. The fraction of sp³-hybridized carbons (Fsp3) is 0.462. The lowest BCUT2D eigenvalue weighted by Gasteiger charge is -2.61. The third-order valence-corrected chi connectivity index (χ3v) is 11.7. The van der Waals surface area contributed by atoms with Crippen LogP contribution in [0.3, 0.4) is 0 Å². The predicted octanol–water partition coefficient (Wildman–Crippen LogP) is 6.17. The number of nitrogens with zero attached hydrogens (tertiary/aromatic N) is 7. The summed E-state index contributed by atoms with van der Waals surface area (Å²) in [6.45, 7) is 11.4. The van der Waals surface area contributed by atoms with Crippen LogP contribution in [0.4, 0.5) is 10.1 Å². The molecule has 50 heavy (non-hydrogen) atoms. The van der Waals surface area contributed by atoms with Gasteiger partial charge in [-0.05, 0) is 91.3 Å². The highest BCUT2D eigenvalue weighted by Gasteiger charge is 2.56. The van der Waals surface area contributed by atoms with Crippen LogP contribution in [0.15, 0.2) is 70.7 Å². The number of halogens is 1. The smallest absolute Gasteiger partial charge is 0.261 e. The van der Waals surface area contributed by atoms with Crippen LogP contribution < -0.4 is 15.6 Å². The Morgan fingerprint density at radius 2 is 2.00 bits per heavy atom. The van der Waals surface area contributed by atoms with Crippen molar-refractivity contribution in [3.05, 3.63) is 82.7 Å². The van der Waals surface area contributed by atoms with Crippen LogP contribution in [0.25, 0.3) is 22.3 Å². The third kappa shape index (κ3) is 6.16. The van der Waals surface area contributed by atoms with Crippen molar-refractivity contribution in [2.45, 2.75) is 65.6 Å². The molecule has 11 heteroatoms. The Labute approximate surface area is 292 Å². The zero-order chi connectivity index (χ0) is 35.2. The van der Waals surface area contributed by atoms with Crippen LogP contribution in [0, 0.1) is 40.4 Å². The second-order valence-electron chi connectivity index (χ2n) is 14.8. The number of methoxy groups -OCH3 is 1. The standard InChI is InChI=1S/C39H45FN8O2/c1-24-22-46(15-16-47(24)23-41)38(45-34-18-28-17-32(25(34)2)39(28,3)4)43-29-9-11-31-35(19-29)44-36(27-7-6-13-42-21-27)48(37(31)49)14-12-26-8-10-30(50-5)20-33(26)40/h6-11,13,19-21,24-25,28,32,34H,12,14-18,22H2,1-5H3,(H,43,45)/t24-,25-,28+,32-,34-/m0/s1. The summed E-state index contributed by atoms with van der Waals surface area (Å²) >= 11 is 0. The SMILES string of the molecule is COc1ccc(CCn2c(-c3cccnc3)nc3cc(NC(=N[C@H]4C[C@H]5C[C@@H]([C@@H]4C)C5(C)C)N4CCN(C#N)[C@@H](C)C4)ccc3c2=O)c(F)c1. The fourth-order valence-corrected chi connectivity index (χ4v) is 8.38. The first-order valence-corrected chi connectivity index (χ1v) is 17.6. The largest absolute Gasteiger partial charge is 0.497 e. The zero-order valence-electron chi connectivity index (χ0n) is 29.4. The Morgan fingerprint density at radius 3 is 2.68 bits per heavy atom. The van der Waals surface area contributed by atoms with Gasteiger partial charge in [-0.15, -0.1) is 0 Å². The normalized spacial score (nSPS) is 24.4. The van der Waals surface area contributed by atoms with Gasteiger partial charge in [0.15, 0.2) is 12.2 Å². The zero-order valence-corrected chi connectivity index (χ0v) is 29.4. The molecule has 2 aromatic carbocycles. The molecule has 2 aromatic heterocycles. The van der Waals surface area contributed by atoms with Gasteiger partial charge in [-0.25, -0.2) is 14.4 Å². The summed E-state index contributed by atoms with van der Waals surface area (Å²) in [5.41, 5.74) is 2.66. The molecule has 4 fully saturated rings. The molecule has 3 heterocycles. The average Bonchev–Trinajstić information content (AvgIpc) is 3.12. The molecule has 3 saturated carbocycles. The molecule has 0 radical (unpaired) electrons. The van der Waals surface area contributed by atoms with Crippen molar-refractivity contribution in [2.75, 3.05) is 32.1 Å². The summed E-state index contributed by atoms with van der Waals surface area (Å²) in [5, 5.41) is 13.7. The molecule has 1 aliphatic heterocycles. The van der Waals surface area contributed by atoms with Crippen molar-refractivity contribution >= 4 is 22.5 Å². The van der Waals surface area contributed by atoms with E-state index >= 15 is 0 Å². The van der Waals surface area contributed by atoms with Gasteiger partial charge >= 0.3 is 0 Å². The van der Waals surface area contributed by atoms with Gasteiger partial charge in [0.05, 0.1) is 30.1 Å². The molecule has 0 amide bonds.